The van der Waals surface area contributed by atoms with Gasteiger partial charge in [0.2, 0.25) is 0 Å². The summed E-state index contributed by atoms with van der Waals surface area (Å²) in [6.07, 6.45) is 0. The van der Waals surface area contributed by atoms with Crippen LogP contribution in [0.25, 0.3) is 22.2 Å². The van der Waals surface area contributed by atoms with Crippen molar-refractivity contribution in [2.75, 3.05) is 0 Å². The van der Waals surface area contributed by atoms with Crippen LogP contribution in [-0.4, -0.2) is 21.0 Å². The Hall–Kier alpha value is -4.51. The van der Waals surface area contributed by atoms with E-state index in [0.717, 1.165) is 22.5 Å². The molecular weight excluding hydrogens is 422 g/mol. The van der Waals surface area contributed by atoms with Gasteiger partial charge in [0.25, 0.3) is 5.91 Å². The third kappa shape index (κ3) is 4.11. The van der Waals surface area contributed by atoms with Crippen LogP contribution in [0.1, 0.15) is 33.4 Å². The van der Waals surface area contributed by atoms with Crippen molar-refractivity contribution >= 4 is 16.8 Å². The zero-order chi connectivity index (χ0) is 23.5. The van der Waals surface area contributed by atoms with E-state index >= 15 is 0 Å². The SMILES string of the molecule is Cc1cccc(C(NC(=O)c2c(O)c(-c3ccccc3)nc3ccccc23)c2ccccc2)n1. The summed E-state index contributed by atoms with van der Waals surface area (Å²) in [5, 5.41) is 15.0. The molecule has 1 amide bonds. The lowest BCUT2D eigenvalue weighted by Crippen LogP contribution is -2.30. The maximum absolute atomic E-state index is 13.8. The number of amides is 1. The highest BCUT2D eigenvalue weighted by molar-refractivity contribution is 6.10. The number of carbonyl (C=O) groups excluding carboxylic acids is 1. The number of aryl methyl sites for hydroxylation is 1. The number of nitrogens with one attached hydrogen (secondary N) is 1. The second-order valence-electron chi connectivity index (χ2n) is 8.09. The second kappa shape index (κ2) is 9.16. The van der Waals surface area contributed by atoms with Crippen molar-refractivity contribution < 1.29 is 9.90 Å². The molecule has 2 heterocycles. The lowest BCUT2D eigenvalue weighted by molar-refractivity contribution is 0.0941. The van der Waals surface area contributed by atoms with E-state index in [4.69, 9.17) is 0 Å². The molecule has 5 heteroatoms. The predicted octanol–water partition coefficient (Wildman–Crippen LogP) is 5.83. The molecule has 166 valence electrons. The molecule has 0 aliphatic carbocycles. The zero-order valence-corrected chi connectivity index (χ0v) is 18.6. The van der Waals surface area contributed by atoms with Crippen molar-refractivity contribution in [2.45, 2.75) is 13.0 Å². The van der Waals surface area contributed by atoms with Crippen molar-refractivity contribution in [1.82, 2.24) is 15.3 Å². The molecule has 0 saturated heterocycles. The Morgan fingerprint density at radius 1 is 0.794 bits per heavy atom. The first kappa shape index (κ1) is 21.3. The molecule has 1 atom stereocenters. The first-order chi connectivity index (χ1) is 16.6. The van der Waals surface area contributed by atoms with E-state index in [1.54, 1.807) is 6.07 Å². The fourth-order valence-electron chi connectivity index (χ4n) is 4.13. The molecule has 5 aromatic rings. The molecule has 34 heavy (non-hydrogen) atoms. The molecule has 2 N–H and O–H groups in total. The molecule has 5 rings (SSSR count). The van der Waals surface area contributed by atoms with Crippen LogP contribution >= 0.6 is 0 Å². The van der Waals surface area contributed by atoms with Gasteiger partial charge in [0.1, 0.15) is 5.69 Å². The smallest absolute Gasteiger partial charge is 0.256 e. The van der Waals surface area contributed by atoms with Gasteiger partial charge in [-0.05, 0) is 30.7 Å². The molecule has 0 aliphatic rings. The summed E-state index contributed by atoms with van der Waals surface area (Å²) < 4.78 is 0. The van der Waals surface area contributed by atoms with E-state index in [1.165, 1.54) is 0 Å². The minimum atomic E-state index is -0.486. The zero-order valence-electron chi connectivity index (χ0n) is 18.6. The Morgan fingerprint density at radius 2 is 1.47 bits per heavy atom. The minimum absolute atomic E-state index is 0.147. The highest BCUT2D eigenvalue weighted by Crippen LogP contribution is 2.36. The number of pyridine rings is 2. The van der Waals surface area contributed by atoms with E-state index < -0.39 is 11.9 Å². The van der Waals surface area contributed by atoms with Gasteiger partial charge in [-0.1, -0.05) is 84.9 Å². The van der Waals surface area contributed by atoms with Gasteiger partial charge in [-0.2, -0.15) is 0 Å². The monoisotopic (exact) mass is 445 g/mol. The van der Waals surface area contributed by atoms with Gasteiger partial charge in [0, 0.05) is 16.6 Å². The summed E-state index contributed by atoms with van der Waals surface area (Å²) in [6.45, 7) is 1.92. The van der Waals surface area contributed by atoms with Crippen molar-refractivity contribution in [3.8, 4) is 17.0 Å². The predicted molar refractivity (Wildman–Crippen MR) is 134 cm³/mol. The van der Waals surface area contributed by atoms with Crippen LogP contribution in [0.2, 0.25) is 0 Å². The number of benzene rings is 3. The van der Waals surface area contributed by atoms with Gasteiger partial charge in [-0.25, -0.2) is 4.98 Å². The second-order valence-corrected chi connectivity index (χ2v) is 8.09. The number of hydrogen-bond acceptors (Lipinski definition) is 4. The molecule has 0 aliphatic heterocycles. The van der Waals surface area contributed by atoms with Crippen molar-refractivity contribution in [3.05, 3.63) is 126 Å². The van der Waals surface area contributed by atoms with Crippen LogP contribution in [0.5, 0.6) is 5.75 Å². The van der Waals surface area contributed by atoms with Gasteiger partial charge in [-0.15, -0.1) is 0 Å². The highest BCUT2D eigenvalue weighted by Gasteiger charge is 2.25. The average molecular weight is 446 g/mol. The minimum Gasteiger partial charge on any atom is -0.505 e. The average Bonchev–Trinajstić information content (AvgIpc) is 2.88. The number of carbonyl (C=O) groups is 1. The van der Waals surface area contributed by atoms with Gasteiger partial charge in [0.05, 0.1) is 22.8 Å². The largest absolute Gasteiger partial charge is 0.505 e. The fraction of sp³-hybridized carbons (Fsp3) is 0.0690. The van der Waals surface area contributed by atoms with Crippen LogP contribution < -0.4 is 5.32 Å². The Balaban J connectivity index is 1.64. The molecule has 0 bridgehead atoms. The quantitative estimate of drug-likeness (QED) is 0.357. The van der Waals surface area contributed by atoms with Gasteiger partial charge < -0.3 is 10.4 Å². The Morgan fingerprint density at radius 3 is 2.21 bits per heavy atom. The summed E-state index contributed by atoms with van der Waals surface area (Å²) >= 11 is 0. The number of rotatable bonds is 5. The molecule has 0 radical (unpaired) electrons. The van der Waals surface area contributed by atoms with Crippen LogP contribution in [0.15, 0.2) is 103 Å². The summed E-state index contributed by atoms with van der Waals surface area (Å²) in [5.74, 6) is -0.545. The molecule has 0 fully saturated rings. The van der Waals surface area contributed by atoms with Crippen molar-refractivity contribution in [1.29, 1.82) is 0 Å². The molecule has 0 spiro atoms. The van der Waals surface area contributed by atoms with Crippen LogP contribution in [0, 0.1) is 6.92 Å². The summed E-state index contributed by atoms with van der Waals surface area (Å²) in [5.41, 5.74) is 4.41. The number of hydrogen-bond donors (Lipinski definition) is 2. The van der Waals surface area contributed by atoms with Crippen molar-refractivity contribution in [2.24, 2.45) is 0 Å². The number of nitrogens with zero attached hydrogens (tertiary/aromatic N) is 2. The number of fused-ring (bicyclic) bond motifs is 1. The molecular formula is C29H23N3O2. The van der Waals surface area contributed by atoms with Gasteiger partial charge in [0.15, 0.2) is 5.75 Å². The Kier molecular flexibility index (Phi) is 5.75. The Labute approximate surface area is 197 Å². The lowest BCUT2D eigenvalue weighted by atomic mass is 9.99. The Bertz CT molecular complexity index is 1470. The van der Waals surface area contributed by atoms with E-state index in [2.05, 4.69) is 15.3 Å². The molecule has 2 aromatic heterocycles. The molecule has 3 aromatic carbocycles. The topological polar surface area (TPSA) is 75.1 Å². The van der Waals surface area contributed by atoms with Gasteiger partial charge >= 0.3 is 0 Å². The number of para-hydroxylation sites is 1. The van der Waals surface area contributed by atoms with E-state index in [0.29, 0.717) is 16.6 Å². The summed E-state index contributed by atoms with van der Waals surface area (Å²) in [4.78, 5) is 23.1. The van der Waals surface area contributed by atoms with E-state index in [-0.39, 0.29) is 11.3 Å². The summed E-state index contributed by atoms with van der Waals surface area (Å²) in [6, 6.07) is 31.7. The third-order valence-electron chi connectivity index (χ3n) is 5.76. The first-order valence-electron chi connectivity index (χ1n) is 11.1. The van der Waals surface area contributed by atoms with Crippen LogP contribution in [-0.2, 0) is 0 Å². The van der Waals surface area contributed by atoms with E-state index in [1.807, 2.05) is 104 Å². The normalized spacial score (nSPS) is 11.8. The maximum Gasteiger partial charge on any atom is 0.256 e. The molecule has 5 nitrogen and oxygen atoms in total. The van der Waals surface area contributed by atoms with Crippen LogP contribution in [0.4, 0.5) is 0 Å². The van der Waals surface area contributed by atoms with Crippen molar-refractivity contribution in [3.63, 3.8) is 0 Å². The third-order valence-corrected chi connectivity index (χ3v) is 5.76. The maximum atomic E-state index is 13.8. The summed E-state index contributed by atoms with van der Waals surface area (Å²) in [7, 11) is 0. The van der Waals surface area contributed by atoms with E-state index in [9.17, 15) is 9.90 Å². The highest BCUT2D eigenvalue weighted by atomic mass is 16.3. The first-order valence-corrected chi connectivity index (χ1v) is 11.1. The number of aromatic nitrogens is 2. The fourth-order valence-corrected chi connectivity index (χ4v) is 4.13. The molecule has 0 saturated carbocycles. The van der Waals surface area contributed by atoms with Crippen LogP contribution in [0.3, 0.4) is 0 Å². The van der Waals surface area contributed by atoms with Gasteiger partial charge in [-0.3, -0.25) is 9.78 Å². The molecule has 1 unspecified atom stereocenters. The standard InChI is InChI=1S/C29H23N3O2/c1-19-11-10-18-24(30-19)26(20-12-4-2-5-13-20)32-29(34)25-22-16-8-9-17-23(22)31-27(28(25)33)21-14-6-3-7-15-21/h2-18,26,33H,1H3,(H,32,34). The lowest BCUT2D eigenvalue weighted by Gasteiger charge is -2.21. The number of aromatic hydroxyl groups is 1.